The van der Waals surface area contributed by atoms with Gasteiger partial charge in [-0.25, -0.2) is 0 Å². The molecule has 1 aliphatic rings. The fourth-order valence-electron chi connectivity index (χ4n) is 1.13. The topological polar surface area (TPSA) is 38.0 Å². The van der Waals surface area contributed by atoms with Crippen LogP contribution in [0.4, 0.5) is 5.69 Å². The first-order valence-electron chi connectivity index (χ1n) is 4.51. The molecule has 2 rings (SSSR count). The molecule has 1 saturated heterocycles. The standard InChI is InChI=1S/C6H6ClN.C4H9N/c7-5-2-1-3-6(8)4-5;1-2-4-5-3-1/h1-4H,8H2;5H,1-4H2. The molecule has 1 heterocycles. The number of nitrogens with one attached hydrogen (secondary N) is 1. The van der Waals surface area contributed by atoms with E-state index in [2.05, 4.69) is 5.32 Å². The molecule has 0 aromatic heterocycles. The third kappa shape index (κ3) is 4.76. The number of benzene rings is 1. The minimum atomic E-state index is 0.685. The van der Waals surface area contributed by atoms with E-state index in [0.717, 1.165) is 0 Å². The van der Waals surface area contributed by atoms with Crippen LogP contribution >= 0.6 is 11.6 Å². The molecule has 1 fully saturated rings. The number of nitrogens with two attached hydrogens (primary N) is 1. The third-order valence-electron chi connectivity index (χ3n) is 1.81. The average molecular weight is 199 g/mol. The second kappa shape index (κ2) is 5.84. The van der Waals surface area contributed by atoms with Crippen molar-refractivity contribution in [2.75, 3.05) is 18.8 Å². The van der Waals surface area contributed by atoms with Gasteiger partial charge in [0.25, 0.3) is 0 Å². The minimum Gasteiger partial charge on any atom is -0.399 e. The lowest BCUT2D eigenvalue weighted by molar-refractivity contribution is 0.857. The van der Waals surface area contributed by atoms with Crippen LogP contribution < -0.4 is 11.1 Å². The van der Waals surface area contributed by atoms with Gasteiger partial charge in [-0.3, -0.25) is 0 Å². The van der Waals surface area contributed by atoms with Crippen molar-refractivity contribution >= 4 is 17.3 Å². The third-order valence-corrected chi connectivity index (χ3v) is 2.04. The molecule has 0 bridgehead atoms. The van der Waals surface area contributed by atoms with Crippen LogP contribution in [-0.2, 0) is 0 Å². The minimum absolute atomic E-state index is 0.685. The Bertz CT molecular complexity index is 222. The van der Waals surface area contributed by atoms with Gasteiger partial charge in [-0.15, -0.1) is 0 Å². The molecular weight excluding hydrogens is 184 g/mol. The zero-order valence-electron chi connectivity index (χ0n) is 7.59. The Morgan fingerprint density at radius 1 is 1.23 bits per heavy atom. The van der Waals surface area contributed by atoms with Gasteiger partial charge in [0.1, 0.15) is 0 Å². The van der Waals surface area contributed by atoms with Crippen molar-refractivity contribution in [3.05, 3.63) is 29.3 Å². The number of rotatable bonds is 0. The predicted molar refractivity (Wildman–Crippen MR) is 58.0 cm³/mol. The molecule has 72 valence electrons. The van der Waals surface area contributed by atoms with Gasteiger partial charge in [-0.05, 0) is 44.1 Å². The van der Waals surface area contributed by atoms with E-state index in [1.807, 2.05) is 6.07 Å². The van der Waals surface area contributed by atoms with Gasteiger partial charge in [0.15, 0.2) is 0 Å². The lowest BCUT2D eigenvalue weighted by Crippen LogP contribution is -2.03. The zero-order chi connectivity index (χ0) is 9.52. The molecule has 0 unspecified atom stereocenters. The normalized spacial score (nSPS) is 14.8. The summed E-state index contributed by atoms with van der Waals surface area (Å²) in [4.78, 5) is 0. The lowest BCUT2D eigenvalue weighted by Gasteiger charge is -1.89. The molecule has 3 heteroatoms. The van der Waals surface area contributed by atoms with Crippen molar-refractivity contribution in [1.29, 1.82) is 0 Å². The van der Waals surface area contributed by atoms with Gasteiger partial charge >= 0.3 is 0 Å². The fraction of sp³-hybridized carbons (Fsp3) is 0.400. The highest BCUT2D eigenvalue weighted by atomic mass is 35.5. The molecule has 13 heavy (non-hydrogen) atoms. The van der Waals surface area contributed by atoms with Gasteiger partial charge in [0.05, 0.1) is 0 Å². The van der Waals surface area contributed by atoms with Gasteiger partial charge in [-0.1, -0.05) is 17.7 Å². The molecule has 0 amide bonds. The first-order chi connectivity index (χ1) is 6.29. The van der Waals surface area contributed by atoms with Crippen LogP contribution in [0.15, 0.2) is 24.3 Å². The Kier molecular flexibility index (Phi) is 4.65. The van der Waals surface area contributed by atoms with Gasteiger partial charge in [0.2, 0.25) is 0 Å². The van der Waals surface area contributed by atoms with E-state index in [1.165, 1.54) is 25.9 Å². The van der Waals surface area contributed by atoms with Crippen LogP contribution in [0.5, 0.6) is 0 Å². The van der Waals surface area contributed by atoms with E-state index in [-0.39, 0.29) is 0 Å². The quantitative estimate of drug-likeness (QED) is 0.628. The van der Waals surface area contributed by atoms with E-state index in [4.69, 9.17) is 17.3 Å². The van der Waals surface area contributed by atoms with Crippen LogP contribution in [0.2, 0.25) is 5.02 Å². The monoisotopic (exact) mass is 198 g/mol. The maximum absolute atomic E-state index is 5.56. The summed E-state index contributed by atoms with van der Waals surface area (Å²) in [5, 5.41) is 3.91. The Hall–Kier alpha value is -0.730. The van der Waals surface area contributed by atoms with Crippen molar-refractivity contribution in [1.82, 2.24) is 5.32 Å². The second-order valence-corrected chi connectivity index (χ2v) is 3.45. The van der Waals surface area contributed by atoms with Gasteiger partial charge in [-0.2, -0.15) is 0 Å². The molecule has 2 nitrogen and oxygen atoms in total. The zero-order valence-corrected chi connectivity index (χ0v) is 8.35. The number of halogens is 1. The van der Waals surface area contributed by atoms with Crippen molar-refractivity contribution in [2.45, 2.75) is 12.8 Å². The summed E-state index contributed by atoms with van der Waals surface area (Å²) in [5.41, 5.74) is 6.08. The Morgan fingerprint density at radius 2 is 1.92 bits per heavy atom. The molecule has 3 N–H and O–H groups in total. The first-order valence-corrected chi connectivity index (χ1v) is 4.88. The van der Waals surface area contributed by atoms with Crippen molar-refractivity contribution in [3.8, 4) is 0 Å². The van der Waals surface area contributed by atoms with Gasteiger partial charge < -0.3 is 11.1 Å². The van der Waals surface area contributed by atoms with Crippen molar-refractivity contribution in [3.63, 3.8) is 0 Å². The highest BCUT2D eigenvalue weighted by Crippen LogP contribution is 2.10. The Morgan fingerprint density at radius 3 is 2.23 bits per heavy atom. The molecule has 0 aliphatic carbocycles. The SMILES string of the molecule is C1CCNC1.Nc1cccc(Cl)c1. The van der Waals surface area contributed by atoms with E-state index < -0.39 is 0 Å². The molecule has 0 saturated carbocycles. The van der Waals surface area contributed by atoms with Crippen LogP contribution in [0.1, 0.15) is 12.8 Å². The van der Waals surface area contributed by atoms with Gasteiger partial charge in [0, 0.05) is 10.7 Å². The molecule has 1 aromatic carbocycles. The summed E-state index contributed by atoms with van der Waals surface area (Å²) in [7, 11) is 0. The molecule has 0 radical (unpaired) electrons. The molecule has 0 spiro atoms. The molecule has 1 aromatic rings. The average Bonchev–Trinajstić information content (AvgIpc) is 2.59. The second-order valence-electron chi connectivity index (χ2n) is 3.01. The van der Waals surface area contributed by atoms with E-state index in [1.54, 1.807) is 18.2 Å². The largest absolute Gasteiger partial charge is 0.399 e. The van der Waals surface area contributed by atoms with E-state index in [9.17, 15) is 0 Å². The highest BCUT2D eigenvalue weighted by molar-refractivity contribution is 6.30. The van der Waals surface area contributed by atoms with Crippen molar-refractivity contribution in [2.24, 2.45) is 0 Å². The van der Waals surface area contributed by atoms with E-state index >= 15 is 0 Å². The summed E-state index contributed by atoms with van der Waals surface area (Å²) < 4.78 is 0. The van der Waals surface area contributed by atoms with Crippen LogP contribution in [0.3, 0.4) is 0 Å². The van der Waals surface area contributed by atoms with Crippen molar-refractivity contribution < 1.29 is 0 Å². The molecular formula is C10H15ClN2. The summed E-state index contributed by atoms with van der Waals surface area (Å²) in [6, 6.07) is 7.11. The molecule has 1 aliphatic heterocycles. The number of anilines is 1. The highest BCUT2D eigenvalue weighted by Gasteiger charge is 1.93. The fourth-order valence-corrected chi connectivity index (χ4v) is 1.33. The number of hydrogen-bond donors (Lipinski definition) is 2. The first kappa shape index (κ1) is 10.4. The Labute approximate surface area is 84.1 Å². The summed E-state index contributed by atoms with van der Waals surface area (Å²) >= 11 is 5.56. The van der Waals surface area contributed by atoms with Crippen LogP contribution in [-0.4, -0.2) is 13.1 Å². The smallest absolute Gasteiger partial charge is 0.0426 e. The Balaban J connectivity index is 0.000000145. The summed E-state index contributed by atoms with van der Waals surface area (Å²) in [6.45, 7) is 2.50. The maximum atomic E-state index is 5.56. The number of hydrogen-bond acceptors (Lipinski definition) is 2. The lowest BCUT2D eigenvalue weighted by atomic mass is 10.3. The summed E-state index contributed by atoms with van der Waals surface area (Å²) in [5.74, 6) is 0. The molecule has 0 atom stereocenters. The number of nitrogen functional groups attached to an aromatic ring is 1. The van der Waals surface area contributed by atoms with E-state index in [0.29, 0.717) is 10.7 Å². The summed E-state index contributed by atoms with van der Waals surface area (Å²) in [6.07, 6.45) is 2.78. The maximum Gasteiger partial charge on any atom is 0.0426 e. The van der Waals surface area contributed by atoms with Crippen LogP contribution in [0, 0.1) is 0 Å². The van der Waals surface area contributed by atoms with Crippen LogP contribution in [0.25, 0.3) is 0 Å². The predicted octanol–water partition coefficient (Wildman–Crippen LogP) is 2.29.